The molecule has 3 aromatic rings. The molecule has 0 saturated carbocycles. The van der Waals surface area contributed by atoms with Crippen molar-refractivity contribution in [2.24, 2.45) is 0 Å². The first-order valence-electron chi connectivity index (χ1n) is 7.34. The Morgan fingerprint density at radius 2 is 2.00 bits per heavy atom. The topological polar surface area (TPSA) is 42.2 Å². The number of benzene rings is 1. The summed E-state index contributed by atoms with van der Waals surface area (Å²) >= 11 is 0. The molecule has 1 atom stereocenters. The van der Waals surface area contributed by atoms with Gasteiger partial charge in [0.25, 0.3) is 0 Å². The number of nitrogens with zero attached hydrogens (tertiary/aromatic N) is 3. The highest BCUT2D eigenvalue weighted by molar-refractivity contribution is 5.43. The molecule has 1 aliphatic rings. The highest BCUT2D eigenvalue weighted by Crippen LogP contribution is 2.25. The zero-order valence-corrected chi connectivity index (χ0v) is 12.3. The Kier molecular flexibility index (Phi) is 2.79. The lowest BCUT2D eigenvalue weighted by Crippen LogP contribution is -2.28. The Labute approximate surface area is 123 Å². The first kappa shape index (κ1) is 12.5. The van der Waals surface area contributed by atoms with Gasteiger partial charge in [0.2, 0.25) is 0 Å². The van der Waals surface area contributed by atoms with E-state index in [-0.39, 0.29) is 6.04 Å². The number of rotatable bonds is 1. The summed E-state index contributed by atoms with van der Waals surface area (Å²) in [5.74, 6) is 0. The second-order valence-electron chi connectivity index (χ2n) is 5.79. The van der Waals surface area contributed by atoms with E-state index in [9.17, 15) is 0 Å². The van der Waals surface area contributed by atoms with Gasteiger partial charge in [-0.1, -0.05) is 24.3 Å². The van der Waals surface area contributed by atoms with E-state index < -0.39 is 0 Å². The summed E-state index contributed by atoms with van der Waals surface area (Å²) in [5, 5.41) is 8.28. The number of aromatic nitrogens is 3. The van der Waals surface area contributed by atoms with Gasteiger partial charge in [-0.05, 0) is 37.0 Å². The fourth-order valence-electron chi connectivity index (χ4n) is 2.95. The first-order chi connectivity index (χ1) is 10.2. The molecule has 0 spiro atoms. The molecule has 1 N–H and O–H groups in total. The van der Waals surface area contributed by atoms with Crippen LogP contribution in [-0.4, -0.2) is 14.6 Å². The van der Waals surface area contributed by atoms with Crippen molar-refractivity contribution in [3.63, 3.8) is 0 Å². The Hall–Kier alpha value is -2.20. The Bertz CT molecular complexity index is 780. The standard InChI is InChI=1S/C17H18N4/c1-11-10-21-17(19-12(11)2)8-16(20-21)15-7-13-5-3-4-6-14(13)9-18-15/h3-6,8,10,15,18H,7,9H2,1-2H3/t15-/m0/s1. The molecule has 0 aliphatic carbocycles. The minimum atomic E-state index is 0.266. The lowest BCUT2D eigenvalue weighted by Gasteiger charge is -2.24. The van der Waals surface area contributed by atoms with Crippen molar-refractivity contribution < 1.29 is 0 Å². The van der Waals surface area contributed by atoms with Crippen molar-refractivity contribution in [1.82, 2.24) is 19.9 Å². The van der Waals surface area contributed by atoms with Gasteiger partial charge in [0.1, 0.15) is 0 Å². The second-order valence-corrected chi connectivity index (χ2v) is 5.79. The minimum Gasteiger partial charge on any atom is -0.304 e. The number of fused-ring (bicyclic) bond motifs is 2. The fraction of sp³-hybridized carbons (Fsp3) is 0.294. The molecular weight excluding hydrogens is 260 g/mol. The molecule has 1 aliphatic heterocycles. The minimum absolute atomic E-state index is 0.266. The maximum atomic E-state index is 4.70. The second kappa shape index (κ2) is 4.67. The predicted octanol–water partition coefficient (Wildman–Crippen LogP) is 2.73. The van der Waals surface area contributed by atoms with Gasteiger partial charge in [0.05, 0.1) is 11.7 Å². The van der Waals surface area contributed by atoms with Crippen molar-refractivity contribution in [2.75, 3.05) is 0 Å². The van der Waals surface area contributed by atoms with Crippen LogP contribution in [0.2, 0.25) is 0 Å². The Morgan fingerprint density at radius 3 is 2.86 bits per heavy atom. The van der Waals surface area contributed by atoms with Gasteiger partial charge in [-0.25, -0.2) is 9.50 Å². The molecule has 0 radical (unpaired) electrons. The summed E-state index contributed by atoms with van der Waals surface area (Å²) in [4.78, 5) is 4.61. The zero-order valence-electron chi connectivity index (χ0n) is 12.3. The van der Waals surface area contributed by atoms with E-state index >= 15 is 0 Å². The third-order valence-corrected chi connectivity index (χ3v) is 4.34. The molecule has 4 heteroatoms. The molecule has 2 aromatic heterocycles. The molecule has 0 unspecified atom stereocenters. The summed E-state index contributed by atoms with van der Waals surface area (Å²) in [6.07, 6.45) is 3.04. The van der Waals surface area contributed by atoms with Gasteiger partial charge in [-0.2, -0.15) is 5.10 Å². The van der Waals surface area contributed by atoms with E-state index in [0.29, 0.717) is 0 Å². The van der Waals surface area contributed by atoms with E-state index in [0.717, 1.165) is 30.0 Å². The maximum absolute atomic E-state index is 4.70. The molecule has 3 heterocycles. The number of hydrogen-bond donors (Lipinski definition) is 1. The van der Waals surface area contributed by atoms with Crippen LogP contribution >= 0.6 is 0 Å². The fourth-order valence-corrected chi connectivity index (χ4v) is 2.95. The average Bonchev–Trinajstić information content (AvgIpc) is 2.90. The zero-order chi connectivity index (χ0) is 14.4. The number of nitrogens with one attached hydrogen (secondary N) is 1. The highest BCUT2D eigenvalue weighted by atomic mass is 15.3. The summed E-state index contributed by atoms with van der Waals surface area (Å²) in [5.41, 5.74) is 7.03. The van der Waals surface area contributed by atoms with E-state index in [4.69, 9.17) is 5.10 Å². The lowest BCUT2D eigenvalue weighted by atomic mass is 9.94. The molecule has 0 amide bonds. The summed E-state index contributed by atoms with van der Waals surface area (Å²) in [6.45, 7) is 5.01. The molecule has 106 valence electrons. The van der Waals surface area contributed by atoms with Crippen molar-refractivity contribution in [3.8, 4) is 0 Å². The van der Waals surface area contributed by atoms with Crippen LogP contribution in [0.25, 0.3) is 5.65 Å². The number of hydrogen-bond acceptors (Lipinski definition) is 3. The normalized spacial score (nSPS) is 17.9. The SMILES string of the molecule is Cc1cn2nc([C@@H]3Cc4ccccc4CN3)cc2nc1C. The number of aryl methyl sites for hydroxylation is 2. The predicted molar refractivity (Wildman–Crippen MR) is 82.2 cm³/mol. The van der Waals surface area contributed by atoms with E-state index in [1.165, 1.54) is 16.7 Å². The third-order valence-electron chi connectivity index (χ3n) is 4.34. The molecule has 0 bridgehead atoms. The molecule has 1 aromatic carbocycles. The molecule has 4 nitrogen and oxygen atoms in total. The molecule has 21 heavy (non-hydrogen) atoms. The monoisotopic (exact) mass is 278 g/mol. The van der Waals surface area contributed by atoms with Crippen LogP contribution in [0.5, 0.6) is 0 Å². The molecule has 0 fully saturated rings. The third kappa shape index (κ3) is 2.12. The average molecular weight is 278 g/mol. The van der Waals surface area contributed by atoms with Crippen molar-refractivity contribution in [2.45, 2.75) is 32.9 Å². The van der Waals surface area contributed by atoms with Crippen LogP contribution in [0.15, 0.2) is 36.5 Å². The van der Waals surface area contributed by atoms with E-state index in [1.54, 1.807) is 0 Å². The Morgan fingerprint density at radius 1 is 1.19 bits per heavy atom. The smallest absolute Gasteiger partial charge is 0.155 e. The Balaban J connectivity index is 1.71. The van der Waals surface area contributed by atoms with Crippen molar-refractivity contribution in [1.29, 1.82) is 0 Å². The first-order valence-corrected chi connectivity index (χ1v) is 7.34. The van der Waals surface area contributed by atoms with Crippen LogP contribution < -0.4 is 5.32 Å². The van der Waals surface area contributed by atoms with Gasteiger partial charge in [0.15, 0.2) is 5.65 Å². The largest absolute Gasteiger partial charge is 0.304 e. The van der Waals surface area contributed by atoms with E-state index in [2.05, 4.69) is 53.8 Å². The highest BCUT2D eigenvalue weighted by Gasteiger charge is 2.21. The maximum Gasteiger partial charge on any atom is 0.155 e. The molecule has 0 saturated heterocycles. The summed E-state index contributed by atoms with van der Waals surface area (Å²) < 4.78 is 1.89. The lowest BCUT2D eigenvalue weighted by molar-refractivity contribution is 0.486. The quantitative estimate of drug-likeness (QED) is 0.744. The van der Waals surface area contributed by atoms with Crippen LogP contribution in [0.1, 0.15) is 34.1 Å². The molecular formula is C17H18N4. The van der Waals surface area contributed by atoms with Crippen molar-refractivity contribution >= 4 is 5.65 Å². The van der Waals surface area contributed by atoms with Gasteiger partial charge in [0, 0.05) is 24.5 Å². The van der Waals surface area contributed by atoms with Gasteiger partial charge >= 0.3 is 0 Å². The summed E-state index contributed by atoms with van der Waals surface area (Å²) in [6, 6.07) is 11.0. The van der Waals surface area contributed by atoms with Gasteiger partial charge in [-0.15, -0.1) is 0 Å². The van der Waals surface area contributed by atoms with Gasteiger partial charge in [-0.3, -0.25) is 0 Å². The van der Waals surface area contributed by atoms with Crippen LogP contribution in [0.3, 0.4) is 0 Å². The van der Waals surface area contributed by atoms with E-state index in [1.807, 2.05) is 11.4 Å². The van der Waals surface area contributed by atoms with Crippen molar-refractivity contribution in [3.05, 3.63) is 64.6 Å². The van der Waals surface area contributed by atoms with Crippen LogP contribution in [-0.2, 0) is 13.0 Å². The van der Waals surface area contributed by atoms with Crippen LogP contribution in [0, 0.1) is 13.8 Å². The van der Waals surface area contributed by atoms with Gasteiger partial charge < -0.3 is 5.32 Å². The van der Waals surface area contributed by atoms with Crippen LogP contribution in [0.4, 0.5) is 0 Å². The summed E-state index contributed by atoms with van der Waals surface area (Å²) in [7, 11) is 0. The molecule has 4 rings (SSSR count).